The minimum atomic E-state index is 0.405. The molecule has 1 aromatic rings. The second kappa shape index (κ2) is 7.08. The zero-order valence-electron chi connectivity index (χ0n) is 12.4. The van der Waals surface area contributed by atoms with E-state index >= 15 is 0 Å². The van der Waals surface area contributed by atoms with Gasteiger partial charge in [0.05, 0.1) is 12.6 Å². The Labute approximate surface area is 116 Å². The molecule has 1 aliphatic heterocycles. The normalized spacial score (nSPS) is 19.5. The highest BCUT2D eigenvalue weighted by Crippen LogP contribution is 2.18. The van der Waals surface area contributed by atoms with E-state index in [0.29, 0.717) is 6.10 Å². The lowest BCUT2D eigenvalue weighted by Gasteiger charge is -2.19. The smallest absolute Gasteiger partial charge is 0.118 e. The van der Waals surface area contributed by atoms with Gasteiger partial charge in [0.15, 0.2) is 0 Å². The molecule has 4 heteroatoms. The van der Waals surface area contributed by atoms with Crippen molar-refractivity contribution in [2.45, 2.75) is 45.9 Å². The second-order valence-electron chi connectivity index (χ2n) is 5.41. The molecule has 19 heavy (non-hydrogen) atoms. The second-order valence-corrected chi connectivity index (χ2v) is 5.41. The van der Waals surface area contributed by atoms with Gasteiger partial charge >= 0.3 is 0 Å². The van der Waals surface area contributed by atoms with E-state index in [1.807, 2.05) is 6.92 Å². The van der Waals surface area contributed by atoms with Crippen LogP contribution >= 0.6 is 0 Å². The Balaban J connectivity index is 1.83. The lowest BCUT2D eigenvalue weighted by atomic mass is 10.2. The van der Waals surface area contributed by atoms with Gasteiger partial charge in [-0.1, -0.05) is 6.92 Å². The molecule has 1 unspecified atom stereocenters. The summed E-state index contributed by atoms with van der Waals surface area (Å²) in [6.07, 6.45) is 2.79. The number of hydrogen-bond acceptors (Lipinski definition) is 4. The molecule has 4 nitrogen and oxygen atoms in total. The fraction of sp³-hybridized carbons (Fsp3) is 0.733. The van der Waals surface area contributed by atoms with Crippen molar-refractivity contribution >= 4 is 0 Å². The predicted molar refractivity (Wildman–Crippen MR) is 76.1 cm³/mol. The minimum Gasteiger partial charge on any atom is -0.465 e. The summed E-state index contributed by atoms with van der Waals surface area (Å²) < 4.78 is 11.5. The Kier molecular flexibility index (Phi) is 5.43. The highest BCUT2D eigenvalue weighted by Gasteiger charge is 2.18. The molecule has 1 atom stereocenters. The molecule has 0 aliphatic carbocycles. The van der Waals surface area contributed by atoms with Crippen LogP contribution in [0.3, 0.4) is 0 Å². The maximum absolute atomic E-state index is 5.82. The van der Waals surface area contributed by atoms with Crippen molar-refractivity contribution in [3.05, 3.63) is 23.2 Å². The van der Waals surface area contributed by atoms with E-state index in [1.165, 1.54) is 18.4 Å². The summed E-state index contributed by atoms with van der Waals surface area (Å²) in [5.41, 5.74) is 1.27. The highest BCUT2D eigenvalue weighted by atomic mass is 16.5. The van der Waals surface area contributed by atoms with Crippen molar-refractivity contribution in [2.24, 2.45) is 0 Å². The van der Waals surface area contributed by atoms with E-state index in [9.17, 15) is 0 Å². The fourth-order valence-electron chi connectivity index (χ4n) is 2.57. The molecular weight excluding hydrogens is 240 g/mol. The van der Waals surface area contributed by atoms with Gasteiger partial charge < -0.3 is 14.5 Å². The third kappa shape index (κ3) is 4.34. The summed E-state index contributed by atoms with van der Waals surface area (Å²) in [7, 11) is 2.13. The first-order valence-electron chi connectivity index (χ1n) is 7.28. The van der Waals surface area contributed by atoms with Crippen LogP contribution in [0.1, 0.15) is 36.8 Å². The Morgan fingerprint density at radius 2 is 2.32 bits per heavy atom. The zero-order valence-corrected chi connectivity index (χ0v) is 12.4. The average molecular weight is 266 g/mol. The summed E-state index contributed by atoms with van der Waals surface area (Å²) in [6.45, 7) is 8.79. The highest BCUT2D eigenvalue weighted by molar-refractivity contribution is 5.20. The van der Waals surface area contributed by atoms with E-state index in [0.717, 1.165) is 44.3 Å². The Morgan fingerprint density at radius 3 is 3.00 bits per heavy atom. The number of nitrogens with one attached hydrogen (secondary N) is 1. The van der Waals surface area contributed by atoms with Crippen molar-refractivity contribution in [3.8, 4) is 0 Å². The predicted octanol–water partition coefficient (Wildman–Crippen LogP) is 2.31. The average Bonchev–Trinajstić information content (AvgIpc) is 2.97. The number of aryl methyl sites for hydroxylation is 1. The van der Waals surface area contributed by atoms with Gasteiger partial charge in [-0.2, -0.15) is 0 Å². The lowest BCUT2D eigenvalue weighted by Crippen LogP contribution is -2.28. The van der Waals surface area contributed by atoms with Gasteiger partial charge in [0.25, 0.3) is 0 Å². The zero-order chi connectivity index (χ0) is 13.7. The summed E-state index contributed by atoms with van der Waals surface area (Å²) in [5.74, 6) is 2.08. The van der Waals surface area contributed by atoms with Crippen LogP contribution in [0.5, 0.6) is 0 Å². The maximum Gasteiger partial charge on any atom is 0.118 e. The number of furan rings is 1. The Hall–Kier alpha value is -0.840. The molecule has 0 spiro atoms. The SMILES string of the molecule is CCNCc1cc(CN(C)CC2CCCO2)oc1C. The molecule has 108 valence electrons. The van der Waals surface area contributed by atoms with Crippen LogP contribution in [0.2, 0.25) is 0 Å². The maximum atomic E-state index is 5.82. The Bertz CT molecular complexity index is 383. The number of ether oxygens (including phenoxy) is 1. The molecule has 0 saturated carbocycles. The lowest BCUT2D eigenvalue weighted by molar-refractivity contribution is 0.0774. The Morgan fingerprint density at radius 1 is 1.47 bits per heavy atom. The summed E-state index contributed by atoms with van der Waals surface area (Å²) in [6, 6.07) is 2.17. The van der Waals surface area contributed by atoms with E-state index < -0.39 is 0 Å². The third-order valence-electron chi connectivity index (χ3n) is 3.60. The van der Waals surface area contributed by atoms with Crippen LogP contribution in [0.15, 0.2) is 10.5 Å². The standard InChI is InChI=1S/C15H26N2O2/c1-4-16-9-13-8-15(19-12(13)2)11-17(3)10-14-6-5-7-18-14/h8,14,16H,4-7,9-11H2,1-3H3. The van der Waals surface area contributed by atoms with Gasteiger partial charge in [0.1, 0.15) is 11.5 Å². The largest absolute Gasteiger partial charge is 0.465 e. The van der Waals surface area contributed by atoms with Gasteiger partial charge in [-0.25, -0.2) is 0 Å². The van der Waals surface area contributed by atoms with Gasteiger partial charge in [-0.15, -0.1) is 0 Å². The first kappa shape index (κ1) is 14.6. The number of likely N-dealkylation sites (N-methyl/N-ethyl adjacent to an activating group) is 1. The first-order valence-corrected chi connectivity index (χ1v) is 7.28. The molecule has 1 N–H and O–H groups in total. The molecule has 2 heterocycles. The molecule has 1 saturated heterocycles. The molecule has 0 amide bonds. The molecule has 0 bridgehead atoms. The summed E-state index contributed by atoms with van der Waals surface area (Å²) in [5, 5.41) is 3.34. The van der Waals surface area contributed by atoms with Crippen molar-refractivity contribution < 1.29 is 9.15 Å². The van der Waals surface area contributed by atoms with E-state index in [1.54, 1.807) is 0 Å². The van der Waals surface area contributed by atoms with Crippen molar-refractivity contribution in [1.29, 1.82) is 0 Å². The molecule has 1 fully saturated rings. The van der Waals surface area contributed by atoms with Crippen LogP contribution in [0.25, 0.3) is 0 Å². The summed E-state index contributed by atoms with van der Waals surface area (Å²) >= 11 is 0. The molecule has 0 aromatic carbocycles. The van der Waals surface area contributed by atoms with Gasteiger partial charge in [-0.3, -0.25) is 4.90 Å². The van der Waals surface area contributed by atoms with Crippen LogP contribution in [-0.4, -0.2) is 37.7 Å². The third-order valence-corrected chi connectivity index (χ3v) is 3.60. The molecule has 2 rings (SSSR count). The monoisotopic (exact) mass is 266 g/mol. The van der Waals surface area contributed by atoms with Crippen LogP contribution in [0.4, 0.5) is 0 Å². The number of rotatable bonds is 7. The van der Waals surface area contributed by atoms with Crippen LogP contribution < -0.4 is 5.32 Å². The fourth-order valence-corrected chi connectivity index (χ4v) is 2.57. The number of nitrogens with zero attached hydrogens (tertiary/aromatic N) is 1. The van der Waals surface area contributed by atoms with Crippen molar-refractivity contribution in [3.63, 3.8) is 0 Å². The quantitative estimate of drug-likeness (QED) is 0.822. The van der Waals surface area contributed by atoms with Crippen LogP contribution in [0, 0.1) is 6.92 Å². The van der Waals surface area contributed by atoms with E-state index in [-0.39, 0.29) is 0 Å². The molecular formula is C15H26N2O2. The number of hydrogen-bond donors (Lipinski definition) is 1. The van der Waals surface area contributed by atoms with E-state index in [2.05, 4.69) is 30.3 Å². The summed E-state index contributed by atoms with van der Waals surface area (Å²) in [4.78, 5) is 2.28. The molecule has 1 aliphatic rings. The minimum absolute atomic E-state index is 0.405. The van der Waals surface area contributed by atoms with Gasteiger partial charge in [0, 0.05) is 25.3 Å². The van der Waals surface area contributed by atoms with Gasteiger partial charge in [-0.05, 0) is 39.4 Å². The molecule has 0 radical (unpaired) electrons. The molecule has 1 aromatic heterocycles. The van der Waals surface area contributed by atoms with E-state index in [4.69, 9.17) is 9.15 Å². The first-order chi connectivity index (χ1) is 9.19. The van der Waals surface area contributed by atoms with Gasteiger partial charge in [0.2, 0.25) is 0 Å². The topological polar surface area (TPSA) is 37.6 Å². The van der Waals surface area contributed by atoms with Crippen molar-refractivity contribution in [2.75, 3.05) is 26.7 Å². The van der Waals surface area contributed by atoms with Crippen LogP contribution in [-0.2, 0) is 17.8 Å². The van der Waals surface area contributed by atoms with Crippen molar-refractivity contribution in [1.82, 2.24) is 10.2 Å².